The van der Waals surface area contributed by atoms with Gasteiger partial charge in [-0.25, -0.2) is 0 Å². The van der Waals surface area contributed by atoms with E-state index >= 15 is 0 Å². The molecule has 0 bridgehead atoms. The van der Waals surface area contributed by atoms with Gasteiger partial charge in [-0.05, 0) is 24.3 Å². The average molecular weight is 294 g/mol. The first-order valence-electron chi connectivity index (χ1n) is 7.24. The highest BCUT2D eigenvalue weighted by molar-refractivity contribution is 5.64. The summed E-state index contributed by atoms with van der Waals surface area (Å²) in [5, 5.41) is 0. The summed E-state index contributed by atoms with van der Waals surface area (Å²) >= 11 is 0. The zero-order chi connectivity index (χ0) is 15.4. The summed E-state index contributed by atoms with van der Waals surface area (Å²) < 4.78 is 11.8. The predicted molar refractivity (Wildman–Crippen MR) is 86.8 cm³/mol. The van der Waals surface area contributed by atoms with Gasteiger partial charge in [0, 0.05) is 5.41 Å². The molecule has 0 aliphatic carbocycles. The molecule has 0 radical (unpaired) electrons. The van der Waals surface area contributed by atoms with Crippen LogP contribution in [0.1, 0.15) is 13.8 Å². The molecule has 3 rings (SSSR count). The second kappa shape index (κ2) is 6.04. The van der Waals surface area contributed by atoms with Crippen molar-refractivity contribution < 1.29 is 9.47 Å². The minimum absolute atomic E-state index is 0.132. The number of nitrogens with zero attached hydrogens (tertiary/aromatic N) is 2. The van der Waals surface area contributed by atoms with Crippen LogP contribution in [0.5, 0.6) is 11.5 Å². The van der Waals surface area contributed by atoms with Crippen LogP contribution < -0.4 is 9.47 Å². The van der Waals surface area contributed by atoms with E-state index in [9.17, 15) is 0 Å². The largest absolute Gasteiger partial charge is 0.491 e. The van der Waals surface area contributed by atoms with Crippen molar-refractivity contribution in [2.24, 2.45) is 15.4 Å². The van der Waals surface area contributed by atoms with Crippen LogP contribution in [0.3, 0.4) is 0 Å². The van der Waals surface area contributed by atoms with Gasteiger partial charge in [-0.2, -0.15) is 9.98 Å². The summed E-state index contributed by atoms with van der Waals surface area (Å²) in [5.41, 5.74) is 1.31. The molecule has 4 nitrogen and oxygen atoms in total. The van der Waals surface area contributed by atoms with Crippen molar-refractivity contribution >= 4 is 17.4 Å². The van der Waals surface area contributed by atoms with E-state index in [1.54, 1.807) is 0 Å². The van der Waals surface area contributed by atoms with Crippen molar-refractivity contribution in [2.75, 3.05) is 13.2 Å². The quantitative estimate of drug-likeness (QED) is 0.711. The summed E-state index contributed by atoms with van der Waals surface area (Å²) in [7, 11) is 0. The van der Waals surface area contributed by atoms with Crippen LogP contribution in [0.25, 0.3) is 0 Å². The third-order valence-electron chi connectivity index (χ3n) is 3.31. The molecule has 0 N–H and O–H groups in total. The van der Waals surface area contributed by atoms with Gasteiger partial charge in [0.15, 0.2) is 0 Å². The monoisotopic (exact) mass is 294 g/mol. The van der Waals surface area contributed by atoms with Crippen LogP contribution >= 0.6 is 0 Å². The van der Waals surface area contributed by atoms with Crippen LogP contribution in [-0.4, -0.2) is 19.2 Å². The molecule has 0 saturated carbocycles. The van der Waals surface area contributed by atoms with Gasteiger partial charge in [-0.15, -0.1) is 0 Å². The van der Waals surface area contributed by atoms with Gasteiger partial charge in [-0.1, -0.05) is 38.1 Å². The second-order valence-electron chi connectivity index (χ2n) is 6.00. The number of para-hydroxylation sites is 4. The Hall–Kier alpha value is -2.58. The molecule has 0 amide bonds. The van der Waals surface area contributed by atoms with Crippen molar-refractivity contribution in [1.29, 1.82) is 0 Å². The highest BCUT2D eigenvalue weighted by Gasteiger charge is 2.21. The maximum atomic E-state index is 5.91. The van der Waals surface area contributed by atoms with Crippen molar-refractivity contribution in [1.82, 2.24) is 0 Å². The Labute approximate surface area is 130 Å². The summed E-state index contributed by atoms with van der Waals surface area (Å²) in [4.78, 5) is 8.54. The Morgan fingerprint density at radius 2 is 1.27 bits per heavy atom. The number of benzene rings is 2. The molecule has 0 unspecified atom stereocenters. The lowest BCUT2D eigenvalue weighted by Gasteiger charge is -2.25. The van der Waals surface area contributed by atoms with E-state index in [2.05, 4.69) is 29.8 Å². The van der Waals surface area contributed by atoms with Crippen LogP contribution in [0.4, 0.5) is 11.4 Å². The molecule has 1 heterocycles. The Balaban J connectivity index is 2.05. The molecule has 4 heteroatoms. The third-order valence-corrected chi connectivity index (χ3v) is 3.31. The topological polar surface area (TPSA) is 43.2 Å². The molecule has 22 heavy (non-hydrogen) atoms. The molecule has 1 aliphatic rings. The Bertz CT molecular complexity index is 674. The summed E-state index contributed by atoms with van der Waals surface area (Å²) in [6.45, 7) is 5.30. The molecule has 112 valence electrons. The molecular formula is C18H18N2O2. The molecule has 0 spiro atoms. The smallest absolute Gasteiger partial charge is 0.145 e. The van der Waals surface area contributed by atoms with E-state index in [0.29, 0.717) is 13.2 Å². The first-order valence-corrected chi connectivity index (χ1v) is 7.24. The van der Waals surface area contributed by atoms with Gasteiger partial charge < -0.3 is 9.47 Å². The molecule has 2 aromatic rings. The van der Waals surface area contributed by atoms with Gasteiger partial charge in [0.2, 0.25) is 0 Å². The fraction of sp³-hybridized carbons (Fsp3) is 0.278. The van der Waals surface area contributed by atoms with Crippen molar-refractivity contribution in [3.05, 3.63) is 48.5 Å². The standard InChI is InChI=1S/C18H18N2O2/c1-18(2)11-21-16-9-5-3-7-14(16)19-13-20-15-8-4-6-10-17(15)22-12-18/h3-10H,11-12H2,1-2H3. The highest BCUT2D eigenvalue weighted by Crippen LogP contribution is 2.32. The first-order chi connectivity index (χ1) is 10.6. The van der Waals surface area contributed by atoms with Crippen molar-refractivity contribution in [3.8, 4) is 11.5 Å². The van der Waals surface area contributed by atoms with E-state index in [1.165, 1.54) is 0 Å². The Morgan fingerprint density at radius 1 is 0.818 bits per heavy atom. The lowest BCUT2D eigenvalue weighted by molar-refractivity contribution is 0.111. The van der Waals surface area contributed by atoms with Gasteiger partial charge in [-0.3, -0.25) is 0 Å². The molecule has 0 atom stereocenters. The number of aliphatic imine (C=N–C) groups is 2. The van der Waals surface area contributed by atoms with Crippen LogP contribution in [0.15, 0.2) is 58.5 Å². The molecule has 2 aromatic carbocycles. The number of ether oxygens (including phenoxy) is 2. The van der Waals surface area contributed by atoms with E-state index in [-0.39, 0.29) is 5.41 Å². The molecule has 0 aromatic heterocycles. The van der Waals surface area contributed by atoms with Gasteiger partial charge in [0.1, 0.15) is 28.9 Å². The third kappa shape index (κ3) is 3.35. The highest BCUT2D eigenvalue weighted by atomic mass is 16.5. The van der Waals surface area contributed by atoms with E-state index in [4.69, 9.17) is 9.47 Å². The SMILES string of the molecule is CC1(C)COc2ccccc2N=C=Nc2ccccc2OC1. The second-order valence-corrected chi connectivity index (χ2v) is 6.00. The lowest BCUT2D eigenvalue weighted by Crippen LogP contribution is -2.28. The molecule has 0 saturated heterocycles. The zero-order valence-corrected chi connectivity index (χ0v) is 12.7. The minimum Gasteiger partial charge on any atom is -0.491 e. The number of fused-ring (bicyclic) bond motifs is 2. The molecule has 0 fully saturated rings. The molecule has 1 aliphatic heterocycles. The normalized spacial score (nSPS) is 16.3. The average Bonchev–Trinajstić information content (AvgIpc) is 2.52. The van der Waals surface area contributed by atoms with Gasteiger partial charge in [0.25, 0.3) is 0 Å². The summed E-state index contributed by atoms with van der Waals surface area (Å²) in [5.74, 6) is 1.46. The number of hydrogen-bond acceptors (Lipinski definition) is 4. The van der Waals surface area contributed by atoms with Crippen LogP contribution in [0, 0.1) is 5.41 Å². The van der Waals surface area contributed by atoms with Crippen LogP contribution in [0.2, 0.25) is 0 Å². The summed E-state index contributed by atoms with van der Waals surface area (Å²) in [6.07, 6.45) is 0. The van der Waals surface area contributed by atoms with Crippen molar-refractivity contribution in [3.63, 3.8) is 0 Å². The van der Waals surface area contributed by atoms with Crippen LogP contribution in [-0.2, 0) is 0 Å². The predicted octanol–water partition coefficient (Wildman–Crippen LogP) is 4.62. The lowest BCUT2D eigenvalue weighted by atomic mass is 9.96. The number of rotatable bonds is 0. The van der Waals surface area contributed by atoms with Gasteiger partial charge >= 0.3 is 0 Å². The fourth-order valence-electron chi connectivity index (χ4n) is 2.06. The van der Waals surface area contributed by atoms with E-state index < -0.39 is 0 Å². The maximum absolute atomic E-state index is 5.91. The zero-order valence-electron chi connectivity index (χ0n) is 12.7. The van der Waals surface area contributed by atoms with E-state index in [0.717, 1.165) is 22.9 Å². The fourth-order valence-corrected chi connectivity index (χ4v) is 2.06. The van der Waals surface area contributed by atoms with Gasteiger partial charge in [0.05, 0.1) is 13.2 Å². The maximum Gasteiger partial charge on any atom is 0.145 e. The first kappa shape index (κ1) is 14.4. The Morgan fingerprint density at radius 3 is 1.77 bits per heavy atom. The summed E-state index contributed by atoms with van der Waals surface area (Å²) in [6, 6.07) is 18.0. The van der Waals surface area contributed by atoms with Crippen molar-refractivity contribution in [2.45, 2.75) is 13.8 Å². The minimum atomic E-state index is -0.132. The molecular weight excluding hydrogens is 276 g/mol. The Kier molecular flexibility index (Phi) is 3.94. The van der Waals surface area contributed by atoms with E-state index in [1.807, 2.05) is 48.5 Å². The number of hydrogen-bond donors (Lipinski definition) is 0.